The van der Waals surface area contributed by atoms with E-state index in [4.69, 9.17) is 4.74 Å². The molecule has 166 valence electrons. The Kier molecular flexibility index (Phi) is 7.41. The van der Waals surface area contributed by atoms with Crippen LogP contribution in [0.3, 0.4) is 0 Å². The second kappa shape index (κ2) is 9.42. The molecular weight excluding hydrogens is 391 g/mol. The molecule has 0 aromatic heterocycles. The van der Waals surface area contributed by atoms with Crippen LogP contribution < -0.4 is 10.2 Å². The van der Waals surface area contributed by atoms with Gasteiger partial charge < -0.3 is 24.8 Å². The number of nitrogens with zero attached hydrogens (tertiary/aromatic N) is 3. The first kappa shape index (κ1) is 23.6. The molecule has 1 heterocycles. The molecule has 1 saturated heterocycles. The Morgan fingerprint density at radius 3 is 2.47 bits per heavy atom. The van der Waals surface area contributed by atoms with Crippen molar-refractivity contribution < 1.29 is 23.5 Å². The van der Waals surface area contributed by atoms with Gasteiger partial charge in [0.1, 0.15) is 17.5 Å². The molecular formula is C21H31FN4O4. The summed E-state index contributed by atoms with van der Waals surface area (Å²) in [6.45, 7) is 6.64. The summed E-state index contributed by atoms with van der Waals surface area (Å²) in [5.74, 6) is -1.37. The SMILES string of the molecule is CN(C)CCN(C)C(=O)c1ccc(N2CCC(NC(=O)OC(C)(C)C)C2=O)c(F)c1. The topological polar surface area (TPSA) is 82.2 Å². The molecule has 9 heteroatoms. The highest BCUT2D eigenvalue weighted by molar-refractivity contribution is 6.01. The number of hydrogen-bond acceptors (Lipinski definition) is 5. The summed E-state index contributed by atoms with van der Waals surface area (Å²) in [6.07, 6.45) is -0.351. The van der Waals surface area contributed by atoms with Crippen molar-refractivity contribution in [3.63, 3.8) is 0 Å². The average Bonchev–Trinajstić information content (AvgIpc) is 2.97. The number of halogens is 1. The van der Waals surface area contributed by atoms with E-state index in [9.17, 15) is 18.8 Å². The predicted molar refractivity (Wildman–Crippen MR) is 112 cm³/mol. The highest BCUT2D eigenvalue weighted by Gasteiger charge is 2.36. The predicted octanol–water partition coefficient (Wildman–Crippen LogP) is 2.09. The summed E-state index contributed by atoms with van der Waals surface area (Å²) in [6, 6.07) is 3.30. The van der Waals surface area contributed by atoms with Gasteiger partial charge in [0.05, 0.1) is 5.69 Å². The van der Waals surface area contributed by atoms with Gasteiger partial charge in [0.15, 0.2) is 0 Å². The van der Waals surface area contributed by atoms with Gasteiger partial charge in [-0.15, -0.1) is 0 Å². The van der Waals surface area contributed by atoms with E-state index in [1.807, 2.05) is 19.0 Å². The minimum atomic E-state index is -0.780. The van der Waals surface area contributed by atoms with Crippen LogP contribution in [0.15, 0.2) is 18.2 Å². The van der Waals surface area contributed by atoms with Crippen LogP contribution in [-0.2, 0) is 9.53 Å². The number of hydrogen-bond donors (Lipinski definition) is 1. The van der Waals surface area contributed by atoms with Gasteiger partial charge in [-0.05, 0) is 59.5 Å². The minimum absolute atomic E-state index is 0.0842. The Balaban J connectivity index is 2.06. The smallest absolute Gasteiger partial charge is 0.408 e. The number of nitrogens with one attached hydrogen (secondary N) is 1. The van der Waals surface area contributed by atoms with Gasteiger partial charge in [0.25, 0.3) is 5.91 Å². The number of carbonyl (C=O) groups is 3. The first-order valence-corrected chi connectivity index (χ1v) is 9.89. The second-order valence-corrected chi connectivity index (χ2v) is 8.67. The molecule has 2 rings (SSSR count). The Morgan fingerprint density at radius 2 is 1.90 bits per heavy atom. The molecule has 1 N–H and O–H groups in total. The van der Waals surface area contributed by atoms with Gasteiger partial charge >= 0.3 is 6.09 Å². The average molecular weight is 423 g/mol. The van der Waals surface area contributed by atoms with Crippen LogP contribution in [0.1, 0.15) is 37.6 Å². The van der Waals surface area contributed by atoms with Crippen LogP contribution in [0, 0.1) is 5.82 Å². The summed E-state index contributed by atoms with van der Waals surface area (Å²) in [4.78, 5) is 41.8. The van der Waals surface area contributed by atoms with Crippen LogP contribution in [0.25, 0.3) is 0 Å². The third-order valence-electron chi connectivity index (χ3n) is 4.61. The summed E-state index contributed by atoms with van der Waals surface area (Å²) in [7, 11) is 5.48. The van der Waals surface area contributed by atoms with Gasteiger partial charge in [-0.2, -0.15) is 0 Å². The molecule has 0 aliphatic carbocycles. The van der Waals surface area contributed by atoms with E-state index in [-0.39, 0.29) is 23.7 Å². The van der Waals surface area contributed by atoms with Crippen molar-refractivity contribution in [1.29, 1.82) is 0 Å². The van der Waals surface area contributed by atoms with E-state index in [0.717, 1.165) is 6.07 Å². The summed E-state index contributed by atoms with van der Waals surface area (Å²) in [5.41, 5.74) is -0.381. The summed E-state index contributed by atoms with van der Waals surface area (Å²) in [5, 5.41) is 2.53. The number of likely N-dealkylation sites (N-methyl/N-ethyl adjacent to an activating group) is 2. The van der Waals surface area contributed by atoms with Crippen LogP contribution in [0.2, 0.25) is 0 Å². The quantitative estimate of drug-likeness (QED) is 0.759. The van der Waals surface area contributed by atoms with Gasteiger partial charge in [-0.3, -0.25) is 9.59 Å². The molecule has 1 aliphatic rings. The maximum absolute atomic E-state index is 14.7. The van der Waals surface area contributed by atoms with Crippen molar-refractivity contribution >= 4 is 23.6 Å². The Bertz CT molecular complexity index is 807. The lowest BCUT2D eigenvalue weighted by Crippen LogP contribution is -2.44. The lowest BCUT2D eigenvalue weighted by atomic mass is 10.1. The maximum atomic E-state index is 14.7. The molecule has 1 aromatic rings. The van der Waals surface area contributed by atoms with Crippen molar-refractivity contribution in [2.75, 3.05) is 45.7 Å². The molecule has 1 unspecified atom stereocenters. The summed E-state index contributed by atoms with van der Waals surface area (Å²) >= 11 is 0. The van der Waals surface area contributed by atoms with Crippen LogP contribution in [-0.4, -0.2) is 80.1 Å². The zero-order chi connectivity index (χ0) is 22.6. The fourth-order valence-electron chi connectivity index (χ4n) is 3.03. The largest absolute Gasteiger partial charge is 0.444 e. The first-order valence-electron chi connectivity index (χ1n) is 9.89. The molecule has 0 radical (unpaired) electrons. The zero-order valence-corrected chi connectivity index (χ0v) is 18.5. The Hall–Kier alpha value is -2.68. The Labute approximate surface area is 176 Å². The van der Waals surface area contributed by atoms with Gasteiger partial charge in [-0.1, -0.05) is 0 Å². The highest BCUT2D eigenvalue weighted by atomic mass is 19.1. The minimum Gasteiger partial charge on any atom is -0.444 e. The maximum Gasteiger partial charge on any atom is 0.408 e. The van der Waals surface area contributed by atoms with Crippen molar-refractivity contribution in [1.82, 2.24) is 15.1 Å². The van der Waals surface area contributed by atoms with Crippen molar-refractivity contribution in [2.45, 2.75) is 38.8 Å². The number of alkyl carbamates (subject to hydrolysis) is 1. The molecule has 3 amide bonds. The number of anilines is 1. The normalized spacial score (nSPS) is 16.7. The van der Waals surface area contributed by atoms with Crippen LogP contribution in [0.4, 0.5) is 14.9 Å². The second-order valence-electron chi connectivity index (χ2n) is 8.67. The van der Waals surface area contributed by atoms with Crippen LogP contribution >= 0.6 is 0 Å². The summed E-state index contributed by atoms with van der Waals surface area (Å²) < 4.78 is 19.9. The molecule has 0 spiro atoms. The van der Waals surface area contributed by atoms with E-state index in [2.05, 4.69) is 5.32 Å². The highest BCUT2D eigenvalue weighted by Crippen LogP contribution is 2.26. The zero-order valence-electron chi connectivity index (χ0n) is 18.5. The van der Waals surface area contributed by atoms with E-state index < -0.39 is 29.5 Å². The standard InChI is InChI=1S/C21H31FN4O4/c1-21(2,3)30-20(29)23-16-9-10-26(19(16)28)17-8-7-14(13-15(17)22)18(27)25(6)12-11-24(4)5/h7-8,13,16H,9-12H2,1-6H3,(H,23,29). The van der Waals surface area contributed by atoms with Gasteiger partial charge in [0, 0.05) is 32.2 Å². The number of ether oxygens (including phenoxy) is 1. The molecule has 1 aromatic carbocycles. The van der Waals surface area contributed by atoms with Crippen molar-refractivity contribution in [2.24, 2.45) is 0 Å². The van der Waals surface area contributed by atoms with E-state index in [1.165, 1.54) is 21.9 Å². The van der Waals surface area contributed by atoms with E-state index in [0.29, 0.717) is 19.5 Å². The molecule has 0 bridgehead atoms. The number of carbonyl (C=O) groups excluding carboxylic acids is 3. The third-order valence-corrected chi connectivity index (χ3v) is 4.61. The van der Waals surface area contributed by atoms with Crippen LogP contribution in [0.5, 0.6) is 0 Å². The molecule has 1 fully saturated rings. The lowest BCUT2D eigenvalue weighted by Gasteiger charge is -2.22. The monoisotopic (exact) mass is 422 g/mol. The number of amides is 3. The third kappa shape index (κ3) is 6.16. The van der Waals surface area contributed by atoms with E-state index >= 15 is 0 Å². The molecule has 30 heavy (non-hydrogen) atoms. The van der Waals surface area contributed by atoms with Crippen molar-refractivity contribution in [3.8, 4) is 0 Å². The van der Waals surface area contributed by atoms with Crippen molar-refractivity contribution in [3.05, 3.63) is 29.6 Å². The van der Waals surface area contributed by atoms with Gasteiger partial charge in [0.2, 0.25) is 5.91 Å². The van der Waals surface area contributed by atoms with Gasteiger partial charge in [-0.25, -0.2) is 9.18 Å². The molecule has 1 atom stereocenters. The number of rotatable bonds is 6. The fraction of sp³-hybridized carbons (Fsp3) is 0.571. The lowest BCUT2D eigenvalue weighted by molar-refractivity contribution is -0.118. The first-order chi connectivity index (χ1) is 13.9. The number of benzene rings is 1. The van der Waals surface area contributed by atoms with E-state index in [1.54, 1.807) is 27.8 Å². The Morgan fingerprint density at radius 1 is 1.23 bits per heavy atom. The molecule has 1 aliphatic heterocycles. The molecule has 8 nitrogen and oxygen atoms in total. The molecule has 0 saturated carbocycles. The fourth-order valence-corrected chi connectivity index (χ4v) is 3.03.